The van der Waals surface area contributed by atoms with Crippen molar-refractivity contribution in [2.45, 2.75) is 0 Å². The number of nitrogens with zero attached hydrogens (tertiary/aromatic N) is 3. The lowest BCUT2D eigenvalue weighted by atomic mass is 10.1. The number of benzene rings is 1. The number of thiazole rings is 1. The van der Waals surface area contributed by atoms with Gasteiger partial charge >= 0.3 is 0 Å². The summed E-state index contributed by atoms with van der Waals surface area (Å²) in [5.41, 5.74) is 1.94. The molecular formula is C19H14N4O2S. The zero-order chi connectivity index (χ0) is 18.1. The van der Waals surface area contributed by atoms with Gasteiger partial charge in [-0.05, 0) is 18.2 Å². The highest BCUT2D eigenvalue weighted by molar-refractivity contribution is 7.14. The zero-order valence-electron chi connectivity index (χ0n) is 13.8. The van der Waals surface area contributed by atoms with Crippen LogP contribution in [0.1, 0.15) is 10.4 Å². The highest BCUT2D eigenvalue weighted by Gasteiger charge is 2.15. The number of fused-ring (bicyclic) bond motifs is 1. The van der Waals surface area contributed by atoms with Crippen molar-refractivity contribution in [3.63, 3.8) is 0 Å². The van der Waals surface area contributed by atoms with Crippen LogP contribution in [-0.4, -0.2) is 20.4 Å². The average Bonchev–Trinajstić information content (AvgIpc) is 3.14. The van der Waals surface area contributed by atoms with Gasteiger partial charge in [-0.3, -0.25) is 19.9 Å². The van der Waals surface area contributed by atoms with Crippen LogP contribution in [0.2, 0.25) is 0 Å². The fourth-order valence-corrected chi connectivity index (χ4v) is 3.45. The van der Waals surface area contributed by atoms with E-state index in [0.717, 1.165) is 11.3 Å². The Kier molecular flexibility index (Phi) is 4.06. The monoisotopic (exact) mass is 362 g/mol. The molecule has 0 aliphatic heterocycles. The van der Waals surface area contributed by atoms with E-state index in [9.17, 15) is 9.59 Å². The second-order valence-electron chi connectivity index (χ2n) is 5.74. The number of rotatable bonds is 3. The molecule has 0 bridgehead atoms. The van der Waals surface area contributed by atoms with E-state index in [1.165, 1.54) is 15.9 Å². The predicted molar refractivity (Wildman–Crippen MR) is 102 cm³/mol. The van der Waals surface area contributed by atoms with Crippen LogP contribution in [0.4, 0.5) is 5.13 Å². The molecule has 3 heterocycles. The number of carbonyl (C=O) groups is 1. The SMILES string of the molecule is Cn1cc(C(=O)Nc2nc(-c3cccnc3)cs2)c2ccccc2c1=O. The summed E-state index contributed by atoms with van der Waals surface area (Å²) < 4.78 is 1.42. The molecule has 128 valence electrons. The van der Waals surface area contributed by atoms with E-state index in [4.69, 9.17) is 0 Å². The number of nitrogens with one attached hydrogen (secondary N) is 1. The summed E-state index contributed by atoms with van der Waals surface area (Å²) in [7, 11) is 1.63. The van der Waals surface area contributed by atoms with Gasteiger partial charge in [0.05, 0.1) is 11.3 Å². The van der Waals surface area contributed by atoms with Gasteiger partial charge in [0.1, 0.15) is 0 Å². The quantitative estimate of drug-likeness (QED) is 0.607. The first-order valence-electron chi connectivity index (χ1n) is 7.89. The number of aromatic nitrogens is 3. The highest BCUT2D eigenvalue weighted by Crippen LogP contribution is 2.25. The molecule has 1 amide bonds. The first-order chi connectivity index (χ1) is 12.6. The molecule has 0 aliphatic rings. The Labute approximate surface area is 152 Å². The third kappa shape index (κ3) is 2.89. The number of hydrogen-bond acceptors (Lipinski definition) is 5. The van der Waals surface area contributed by atoms with E-state index >= 15 is 0 Å². The van der Waals surface area contributed by atoms with Gasteiger partial charge in [-0.25, -0.2) is 4.98 Å². The molecule has 7 heteroatoms. The van der Waals surface area contributed by atoms with Crippen molar-refractivity contribution < 1.29 is 4.79 Å². The number of hydrogen-bond donors (Lipinski definition) is 1. The number of carbonyl (C=O) groups excluding carboxylic acids is 1. The molecule has 0 saturated heterocycles. The van der Waals surface area contributed by atoms with Gasteiger partial charge in [0.15, 0.2) is 5.13 Å². The summed E-state index contributed by atoms with van der Waals surface area (Å²) in [6.07, 6.45) is 4.97. The van der Waals surface area contributed by atoms with Crippen molar-refractivity contribution in [3.8, 4) is 11.3 Å². The van der Waals surface area contributed by atoms with E-state index in [2.05, 4.69) is 15.3 Å². The van der Waals surface area contributed by atoms with Crippen LogP contribution in [-0.2, 0) is 7.05 Å². The summed E-state index contributed by atoms with van der Waals surface area (Å²) in [6.45, 7) is 0. The molecule has 0 saturated carbocycles. The Morgan fingerprint density at radius 2 is 1.96 bits per heavy atom. The normalized spacial score (nSPS) is 10.8. The maximum absolute atomic E-state index is 12.8. The van der Waals surface area contributed by atoms with Crippen LogP contribution in [0.25, 0.3) is 22.0 Å². The summed E-state index contributed by atoms with van der Waals surface area (Å²) >= 11 is 1.34. The second-order valence-corrected chi connectivity index (χ2v) is 6.60. The predicted octanol–water partition coefficient (Wildman–Crippen LogP) is 3.31. The van der Waals surface area contributed by atoms with Gasteiger partial charge in [-0.1, -0.05) is 18.2 Å². The average molecular weight is 362 g/mol. The molecule has 1 aromatic carbocycles. The van der Waals surface area contributed by atoms with Crippen molar-refractivity contribution in [1.82, 2.24) is 14.5 Å². The van der Waals surface area contributed by atoms with Crippen molar-refractivity contribution in [1.29, 1.82) is 0 Å². The van der Waals surface area contributed by atoms with Crippen LogP contribution >= 0.6 is 11.3 Å². The standard InChI is InChI=1S/C19H14N4O2S/c1-23-10-15(13-6-2-3-7-14(13)18(23)25)17(24)22-19-21-16(11-26-19)12-5-4-8-20-9-12/h2-11H,1H3,(H,21,22,24). The zero-order valence-corrected chi connectivity index (χ0v) is 14.7. The van der Waals surface area contributed by atoms with Crippen molar-refractivity contribution in [2.24, 2.45) is 7.05 Å². The van der Waals surface area contributed by atoms with Crippen LogP contribution in [0.15, 0.2) is 65.2 Å². The molecule has 3 aromatic heterocycles. The van der Waals surface area contributed by atoms with Crippen LogP contribution in [0.5, 0.6) is 0 Å². The van der Waals surface area contributed by atoms with E-state index in [1.807, 2.05) is 23.6 Å². The highest BCUT2D eigenvalue weighted by atomic mass is 32.1. The third-order valence-corrected chi connectivity index (χ3v) is 4.78. The Hall–Kier alpha value is -3.32. The fraction of sp³-hybridized carbons (Fsp3) is 0.0526. The second kappa shape index (κ2) is 6.53. The number of anilines is 1. The van der Waals surface area contributed by atoms with Crippen LogP contribution in [0, 0.1) is 0 Å². The van der Waals surface area contributed by atoms with E-state index in [-0.39, 0.29) is 11.5 Å². The van der Waals surface area contributed by atoms with Gasteiger partial charge in [-0.15, -0.1) is 11.3 Å². The lowest BCUT2D eigenvalue weighted by Gasteiger charge is -2.08. The van der Waals surface area contributed by atoms with Gasteiger partial charge in [0.25, 0.3) is 11.5 Å². The van der Waals surface area contributed by atoms with Gasteiger partial charge in [0, 0.05) is 47.4 Å². The molecule has 0 radical (unpaired) electrons. The Bertz CT molecular complexity index is 1170. The lowest BCUT2D eigenvalue weighted by Crippen LogP contribution is -2.21. The van der Waals surface area contributed by atoms with Crippen molar-refractivity contribution in [3.05, 3.63) is 76.3 Å². The Balaban J connectivity index is 1.68. The van der Waals surface area contributed by atoms with E-state index in [0.29, 0.717) is 21.5 Å². The molecule has 0 spiro atoms. The van der Waals surface area contributed by atoms with Crippen LogP contribution < -0.4 is 10.9 Å². The van der Waals surface area contributed by atoms with Crippen LogP contribution in [0.3, 0.4) is 0 Å². The largest absolute Gasteiger partial charge is 0.317 e. The minimum Gasteiger partial charge on any atom is -0.317 e. The Morgan fingerprint density at radius 1 is 1.15 bits per heavy atom. The van der Waals surface area contributed by atoms with Crippen molar-refractivity contribution in [2.75, 3.05) is 5.32 Å². The van der Waals surface area contributed by atoms with E-state index in [1.54, 1.807) is 43.8 Å². The molecular weight excluding hydrogens is 348 g/mol. The molecule has 0 unspecified atom stereocenters. The third-order valence-electron chi connectivity index (χ3n) is 4.02. The molecule has 1 N–H and O–H groups in total. The van der Waals surface area contributed by atoms with Gasteiger partial charge < -0.3 is 4.57 Å². The number of pyridine rings is 2. The first kappa shape index (κ1) is 16.2. The topological polar surface area (TPSA) is 76.9 Å². The first-order valence-corrected chi connectivity index (χ1v) is 8.77. The molecule has 4 aromatic rings. The summed E-state index contributed by atoms with van der Waals surface area (Å²) in [4.78, 5) is 33.5. The summed E-state index contributed by atoms with van der Waals surface area (Å²) in [6, 6.07) is 10.8. The maximum atomic E-state index is 12.8. The molecule has 4 rings (SSSR count). The molecule has 0 fully saturated rings. The minimum absolute atomic E-state index is 0.134. The maximum Gasteiger partial charge on any atom is 0.259 e. The van der Waals surface area contributed by atoms with E-state index < -0.39 is 0 Å². The number of amides is 1. The lowest BCUT2D eigenvalue weighted by molar-refractivity contribution is 0.102. The Morgan fingerprint density at radius 3 is 2.73 bits per heavy atom. The number of aryl methyl sites for hydroxylation is 1. The smallest absolute Gasteiger partial charge is 0.259 e. The van der Waals surface area contributed by atoms with Crippen molar-refractivity contribution >= 4 is 33.1 Å². The summed E-state index contributed by atoms with van der Waals surface area (Å²) in [5, 5.41) is 6.31. The molecule has 26 heavy (non-hydrogen) atoms. The summed E-state index contributed by atoms with van der Waals surface area (Å²) in [5.74, 6) is -0.302. The molecule has 0 aliphatic carbocycles. The minimum atomic E-state index is -0.302. The van der Waals surface area contributed by atoms with Gasteiger partial charge in [-0.2, -0.15) is 0 Å². The molecule has 0 atom stereocenters. The molecule has 6 nitrogen and oxygen atoms in total. The fourth-order valence-electron chi connectivity index (χ4n) is 2.74. The van der Waals surface area contributed by atoms with Gasteiger partial charge in [0.2, 0.25) is 0 Å².